The molecule has 0 radical (unpaired) electrons. The van der Waals surface area contributed by atoms with E-state index >= 15 is 0 Å². The van der Waals surface area contributed by atoms with Crippen LogP contribution in [0.1, 0.15) is 12.7 Å². The summed E-state index contributed by atoms with van der Waals surface area (Å²) < 4.78 is 35.3. The zero-order chi connectivity index (χ0) is 18.6. The number of methoxy groups -OCH3 is 1. The molecule has 1 aromatic carbocycles. The normalized spacial score (nSPS) is 12.3. The molecule has 0 fully saturated rings. The van der Waals surface area contributed by atoms with E-state index in [1.165, 1.54) is 7.11 Å². The smallest absolute Gasteiger partial charge is 0.247 e. The van der Waals surface area contributed by atoms with E-state index in [4.69, 9.17) is 9.26 Å². The van der Waals surface area contributed by atoms with Gasteiger partial charge in [0.2, 0.25) is 15.9 Å². The second kappa shape index (κ2) is 7.43. The number of carbonyl (C=O) groups is 1. The number of sulfonamides is 1. The van der Waals surface area contributed by atoms with Gasteiger partial charge in [-0.15, -0.1) is 0 Å². The summed E-state index contributed by atoms with van der Waals surface area (Å²) in [6.45, 7) is 3.38. The van der Waals surface area contributed by atoms with Crippen molar-refractivity contribution in [3.63, 3.8) is 0 Å². The summed E-state index contributed by atoms with van der Waals surface area (Å²) in [6, 6.07) is 5.82. The number of benzene rings is 1. The fourth-order valence-electron chi connectivity index (χ4n) is 2.05. The monoisotopic (exact) mass is 368 g/mol. The predicted molar refractivity (Wildman–Crippen MR) is 94.4 cm³/mol. The second-order valence-corrected chi connectivity index (χ2v) is 7.22. The molecule has 1 amide bonds. The molecule has 136 valence electrons. The van der Waals surface area contributed by atoms with Crippen LogP contribution in [0.25, 0.3) is 0 Å². The van der Waals surface area contributed by atoms with Crippen LogP contribution in [0, 0.1) is 6.92 Å². The van der Waals surface area contributed by atoms with Crippen molar-refractivity contribution in [3.05, 3.63) is 30.0 Å². The minimum Gasteiger partial charge on any atom is -0.495 e. The van der Waals surface area contributed by atoms with Crippen molar-refractivity contribution in [3.8, 4) is 5.75 Å². The molecule has 0 aliphatic heterocycles. The van der Waals surface area contributed by atoms with E-state index in [-0.39, 0.29) is 11.6 Å². The van der Waals surface area contributed by atoms with E-state index in [0.29, 0.717) is 23.0 Å². The largest absolute Gasteiger partial charge is 0.495 e. The summed E-state index contributed by atoms with van der Waals surface area (Å²) in [5.41, 5.74) is 0.820. The van der Waals surface area contributed by atoms with Gasteiger partial charge in [0.05, 0.1) is 19.1 Å². The van der Waals surface area contributed by atoms with E-state index in [0.717, 1.165) is 6.26 Å². The highest BCUT2D eigenvalue weighted by molar-refractivity contribution is 7.92. The van der Waals surface area contributed by atoms with Gasteiger partial charge in [-0.05, 0) is 32.0 Å². The number of hydrogen-bond acceptors (Lipinski definition) is 7. The summed E-state index contributed by atoms with van der Waals surface area (Å²) in [4.78, 5) is 12.2. The van der Waals surface area contributed by atoms with Gasteiger partial charge in [-0.3, -0.25) is 9.52 Å². The number of ether oxygens (including phenoxy) is 1. The van der Waals surface area contributed by atoms with E-state index in [2.05, 4.69) is 20.5 Å². The van der Waals surface area contributed by atoms with Crippen LogP contribution in [0.2, 0.25) is 0 Å². The number of anilines is 3. The highest BCUT2D eigenvalue weighted by Crippen LogP contribution is 2.28. The van der Waals surface area contributed by atoms with Gasteiger partial charge in [-0.1, -0.05) is 5.16 Å². The van der Waals surface area contributed by atoms with Crippen LogP contribution >= 0.6 is 0 Å². The molecule has 1 aromatic heterocycles. The average molecular weight is 368 g/mol. The van der Waals surface area contributed by atoms with Crippen molar-refractivity contribution in [1.82, 2.24) is 5.16 Å². The maximum Gasteiger partial charge on any atom is 0.247 e. The number of nitrogens with zero attached hydrogens (tertiary/aromatic N) is 1. The zero-order valence-electron chi connectivity index (χ0n) is 14.3. The Morgan fingerprint density at radius 3 is 2.60 bits per heavy atom. The highest BCUT2D eigenvalue weighted by Gasteiger charge is 2.16. The maximum atomic E-state index is 12.2. The van der Waals surface area contributed by atoms with E-state index < -0.39 is 16.1 Å². The number of nitrogens with one attached hydrogen (secondary N) is 3. The van der Waals surface area contributed by atoms with E-state index in [9.17, 15) is 13.2 Å². The Hall–Kier alpha value is -2.75. The molecule has 0 aliphatic rings. The first-order chi connectivity index (χ1) is 11.7. The summed E-state index contributed by atoms with van der Waals surface area (Å²) in [5, 5.41) is 9.30. The van der Waals surface area contributed by atoms with Crippen molar-refractivity contribution in [2.45, 2.75) is 19.9 Å². The Morgan fingerprint density at radius 2 is 2.04 bits per heavy atom. The molecule has 0 bridgehead atoms. The minimum absolute atomic E-state index is 0.273. The number of carbonyl (C=O) groups excluding carboxylic acids is 1. The number of amides is 1. The Kier molecular flexibility index (Phi) is 5.52. The van der Waals surface area contributed by atoms with Crippen molar-refractivity contribution < 1.29 is 22.5 Å². The highest BCUT2D eigenvalue weighted by atomic mass is 32.2. The van der Waals surface area contributed by atoms with Gasteiger partial charge in [-0.25, -0.2) is 8.42 Å². The second-order valence-electron chi connectivity index (χ2n) is 5.47. The fourth-order valence-corrected chi connectivity index (χ4v) is 2.61. The summed E-state index contributed by atoms with van der Waals surface area (Å²) >= 11 is 0. The fraction of sp³-hybridized carbons (Fsp3) is 0.333. The van der Waals surface area contributed by atoms with E-state index in [1.807, 2.05) is 0 Å². The third kappa shape index (κ3) is 5.38. The topological polar surface area (TPSA) is 123 Å². The number of aryl methyl sites for hydroxylation is 1. The molecule has 0 saturated carbocycles. The Labute approximate surface area is 145 Å². The first-order valence-corrected chi connectivity index (χ1v) is 9.23. The zero-order valence-corrected chi connectivity index (χ0v) is 15.1. The van der Waals surface area contributed by atoms with Crippen LogP contribution in [0.15, 0.2) is 28.8 Å². The van der Waals surface area contributed by atoms with Crippen LogP contribution in [-0.2, 0) is 14.8 Å². The molecule has 3 N–H and O–H groups in total. The molecule has 25 heavy (non-hydrogen) atoms. The van der Waals surface area contributed by atoms with Gasteiger partial charge in [0, 0.05) is 11.8 Å². The minimum atomic E-state index is -3.47. The van der Waals surface area contributed by atoms with Crippen molar-refractivity contribution in [2.24, 2.45) is 0 Å². The van der Waals surface area contributed by atoms with Crippen molar-refractivity contribution in [1.29, 1.82) is 0 Å². The lowest BCUT2D eigenvalue weighted by Crippen LogP contribution is -2.32. The third-order valence-corrected chi connectivity index (χ3v) is 3.74. The van der Waals surface area contributed by atoms with Crippen molar-refractivity contribution >= 4 is 33.1 Å². The number of aromatic nitrogens is 1. The van der Waals surface area contributed by atoms with Crippen molar-refractivity contribution in [2.75, 3.05) is 28.7 Å². The predicted octanol–water partition coefficient (Wildman–Crippen LogP) is 1.80. The standard InChI is InChI=1S/C15H20N4O5S/c1-9-7-14(18-24-9)17-15(20)10(2)16-11-5-6-13(23-3)12(8-11)19-25(4,21)22/h5-8,10,16,19H,1-4H3,(H,17,18,20)/t10-/m1/s1. The third-order valence-electron chi connectivity index (χ3n) is 3.15. The molecule has 10 heteroatoms. The molecular formula is C15H20N4O5S. The van der Waals surface area contributed by atoms with Crippen LogP contribution in [0.4, 0.5) is 17.2 Å². The molecule has 0 saturated heterocycles. The van der Waals surface area contributed by atoms with Crippen LogP contribution in [-0.4, -0.2) is 38.9 Å². The summed E-state index contributed by atoms with van der Waals surface area (Å²) in [7, 11) is -2.03. The molecule has 1 atom stereocenters. The molecule has 0 unspecified atom stereocenters. The molecule has 1 heterocycles. The average Bonchev–Trinajstić information content (AvgIpc) is 2.91. The molecule has 0 spiro atoms. The van der Waals surface area contributed by atoms with Gasteiger partial charge >= 0.3 is 0 Å². The maximum absolute atomic E-state index is 12.2. The van der Waals surface area contributed by atoms with Crippen LogP contribution in [0.3, 0.4) is 0 Å². The number of rotatable bonds is 7. The molecule has 2 rings (SSSR count). The van der Waals surface area contributed by atoms with Crippen LogP contribution in [0.5, 0.6) is 5.75 Å². The Morgan fingerprint density at radius 1 is 1.32 bits per heavy atom. The SMILES string of the molecule is COc1ccc(N[C@H](C)C(=O)Nc2cc(C)on2)cc1NS(C)(=O)=O. The van der Waals surface area contributed by atoms with Gasteiger partial charge < -0.3 is 19.9 Å². The van der Waals surface area contributed by atoms with E-state index in [1.54, 1.807) is 38.1 Å². The van der Waals surface area contributed by atoms with Gasteiger partial charge in [0.25, 0.3) is 0 Å². The molecule has 2 aromatic rings. The first kappa shape index (κ1) is 18.6. The number of hydrogen-bond donors (Lipinski definition) is 3. The lowest BCUT2D eigenvalue weighted by atomic mass is 10.2. The quantitative estimate of drug-likeness (QED) is 0.681. The lowest BCUT2D eigenvalue weighted by Gasteiger charge is -2.16. The van der Waals surface area contributed by atoms with Gasteiger partial charge in [0.15, 0.2) is 5.82 Å². The summed E-state index contributed by atoms with van der Waals surface area (Å²) in [6.07, 6.45) is 1.04. The van der Waals surface area contributed by atoms with Gasteiger partial charge in [0.1, 0.15) is 17.6 Å². The summed E-state index contributed by atoms with van der Waals surface area (Å²) in [5.74, 6) is 0.959. The first-order valence-electron chi connectivity index (χ1n) is 7.34. The Bertz CT molecular complexity index is 863. The molecule has 0 aliphatic carbocycles. The molecular weight excluding hydrogens is 348 g/mol. The van der Waals surface area contributed by atoms with Crippen LogP contribution < -0.4 is 20.1 Å². The Balaban J connectivity index is 2.10. The van der Waals surface area contributed by atoms with Gasteiger partial charge in [-0.2, -0.15) is 0 Å². The molecule has 9 nitrogen and oxygen atoms in total. The lowest BCUT2D eigenvalue weighted by molar-refractivity contribution is -0.116.